The lowest BCUT2D eigenvalue weighted by molar-refractivity contribution is 0.169. The second-order valence-corrected chi connectivity index (χ2v) is 5.27. The van der Waals surface area contributed by atoms with Crippen molar-refractivity contribution in [3.05, 3.63) is 48.3 Å². The number of methoxy groups -OCH3 is 1. The summed E-state index contributed by atoms with van der Waals surface area (Å²) in [7, 11) is 1.66. The Morgan fingerprint density at radius 1 is 1.26 bits per heavy atom. The van der Waals surface area contributed by atoms with Crippen molar-refractivity contribution >= 4 is 11.8 Å². The first-order valence-electron chi connectivity index (χ1n) is 6.19. The van der Waals surface area contributed by atoms with Crippen LogP contribution in [-0.4, -0.2) is 17.2 Å². The third-order valence-electron chi connectivity index (χ3n) is 2.76. The van der Waals surface area contributed by atoms with E-state index in [-0.39, 0.29) is 0 Å². The number of benzene rings is 1. The van der Waals surface area contributed by atoms with Crippen LogP contribution in [0.25, 0.3) is 0 Å². The van der Waals surface area contributed by atoms with Crippen molar-refractivity contribution < 1.29 is 9.84 Å². The Morgan fingerprint density at radius 3 is 2.74 bits per heavy atom. The van der Waals surface area contributed by atoms with E-state index in [0.717, 1.165) is 21.2 Å². The van der Waals surface area contributed by atoms with E-state index in [4.69, 9.17) is 4.74 Å². The predicted octanol–water partition coefficient (Wildman–Crippen LogP) is 3.68. The van der Waals surface area contributed by atoms with Gasteiger partial charge in [0, 0.05) is 16.0 Å². The first-order valence-corrected chi connectivity index (χ1v) is 7.00. The maximum atomic E-state index is 9.69. The molecule has 1 atom stereocenters. The summed E-state index contributed by atoms with van der Waals surface area (Å²) in [5.74, 6) is 0.844. The number of pyridine rings is 1. The van der Waals surface area contributed by atoms with Crippen molar-refractivity contribution in [1.29, 1.82) is 0 Å². The molecule has 1 unspecified atom stereocenters. The third kappa shape index (κ3) is 3.72. The molecule has 3 nitrogen and oxygen atoms in total. The van der Waals surface area contributed by atoms with Crippen molar-refractivity contribution in [2.75, 3.05) is 7.11 Å². The molecule has 0 aliphatic heterocycles. The Morgan fingerprint density at radius 2 is 2.11 bits per heavy atom. The fourth-order valence-corrected chi connectivity index (χ4v) is 2.49. The summed E-state index contributed by atoms with van der Waals surface area (Å²) in [4.78, 5) is 6.43. The van der Waals surface area contributed by atoms with Crippen molar-refractivity contribution in [1.82, 2.24) is 4.98 Å². The summed E-state index contributed by atoms with van der Waals surface area (Å²) >= 11 is 1.62. The minimum atomic E-state index is -0.476. The van der Waals surface area contributed by atoms with Gasteiger partial charge in [-0.2, -0.15) is 0 Å². The maximum absolute atomic E-state index is 9.69. The molecule has 0 fully saturated rings. The summed E-state index contributed by atoms with van der Waals surface area (Å²) < 4.78 is 5.20. The van der Waals surface area contributed by atoms with Gasteiger partial charge >= 0.3 is 0 Å². The average molecular weight is 275 g/mol. The average Bonchev–Trinajstić information content (AvgIpc) is 2.47. The molecule has 2 aromatic rings. The molecule has 100 valence electrons. The van der Waals surface area contributed by atoms with Crippen LogP contribution in [0.4, 0.5) is 0 Å². The fraction of sp³-hybridized carbons (Fsp3) is 0.267. The van der Waals surface area contributed by atoms with Crippen LogP contribution in [0.2, 0.25) is 0 Å². The number of hydrogen-bond donors (Lipinski definition) is 1. The quantitative estimate of drug-likeness (QED) is 0.903. The molecule has 19 heavy (non-hydrogen) atoms. The molecule has 2 rings (SSSR count). The molecule has 0 amide bonds. The van der Waals surface area contributed by atoms with Gasteiger partial charge in [0.1, 0.15) is 5.75 Å². The van der Waals surface area contributed by atoms with Gasteiger partial charge in [-0.25, -0.2) is 0 Å². The van der Waals surface area contributed by atoms with Crippen LogP contribution in [-0.2, 0) is 0 Å². The molecule has 1 aromatic carbocycles. The van der Waals surface area contributed by atoms with E-state index in [2.05, 4.69) is 4.98 Å². The number of hydrogen-bond acceptors (Lipinski definition) is 4. The van der Waals surface area contributed by atoms with Crippen LogP contribution in [0, 0.1) is 0 Å². The molecule has 0 saturated carbocycles. The van der Waals surface area contributed by atoms with Crippen LogP contribution in [0.5, 0.6) is 5.75 Å². The van der Waals surface area contributed by atoms with E-state index in [0.29, 0.717) is 6.42 Å². The molecule has 0 bridgehead atoms. The zero-order valence-corrected chi connectivity index (χ0v) is 11.9. The highest BCUT2D eigenvalue weighted by molar-refractivity contribution is 7.99. The topological polar surface area (TPSA) is 42.4 Å². The minimum Gasteiger partial charge on any atom is -0.497 e. The van der Waals surface area contributed by atoms with Crippen LogP contribution in [0.15, 0.2) is 52.4 Å². The Labute approximate surface area is 117 Å². The second kappa shape index (κ2) is 6.59. The Balaban J connectivity index is 2.10. The maximum Gasteiger partial charge on any atom is 0.119 e. The largest absolute Gasteiger partial charge is 0.497 e. The molecular weight excluding hydrogens is 258 g/mol. The normalized spacial score (nSPS) is 12.2. The van der Waals surface area contributed by atoms with Gasteiger partial charge in [0.15, 0.2) is 0 Å². The number of aromatic nitrogens is 1. The van der Waals surface area contributed by atoms with E-state index in [9.17, 15) is 5.11 Å². The molecule has 0 aliphatic carbocycles. The lowest BCUT2D eigenvalue weighted by atomic mass is 10.2. The minimum absolute atomic E-state index is 0.476. The monoisotopic (exact) mass is 275 g/mol. The molecule has 1 N–H and O–H groups in total. The Bertz CT molecular complexity index is 528. The van der Waals surface area contributed by atoms with E-state index in [1.54, 1.807) is 25.1 Å². The zero-order chi connectivity index (χ0) is 13.7. The highest BCUT2D eigenvalue weighted by Gasteiger charge is 2.06. The van der Waals surface area contributed by atoms with Gasteiger partial charge in [-0.05, 0) is 36.8 Å². The van der Waals surface area contributed by atoms with Gasteiger partial charge in [-0.1, -0.05) is 24.8 Å². The molecule has 0 radical (unpaired) electrons. The van der Waals surface area contributed by atoms with E-state index < -0.39 is 6.10 Å². The molecule has 0 spiro atoms. The van der Waals surface area contributed by atoms with Crippen molar-refractivity contribution in [3.8, 4) is 5.75 Å². The number of aliphatic hydroxyl groups excluding tert-OH is 1. The van der Waals surface area contributed by atoms with Gasteiger partial charge < -0.3 is 9.84 Å². The lowest BCUT2D eigenvalue weighted by Crippen LogP contribution is -1.97. The summed E-state index contributed by atoms with van der Waals surface area (Å²) in [5, 5.41) is 9.69. The predicted molar refractivity (Wildman–Crippen MR) is 76.6 cm³/mol. The van der Waals surface area contributed by atoms with E-state index >= 15 is 0 Å². The first-order chi connectivity index (χ1) is 9.22. The van der Waals surface area contributed by atoms with Crippen molar-refractivity contribution in [2.24, 2.45) is 0 Å². The Kier molecular flexibility index (Phi) is 4.82. The van der Waals surface area contributed by atoms with Gasteiger partial charge in [0.05, 0.1) is 18.9 Å². The van der Waals surface area contributed by atoms with E-state index in [1.165, 1.54) is 0 Å². The zero-order valence-electron chi connectivity index (χ0n) is 11.0. The molecule has 1 heterocycles. The van der Waals surface area contributed by atoms with Crippen LogP contribution in [0.1, 0.15) is 25.1 Å². The molecule has 0 aliphatic rings. The summed E-state index contributed by atoms with van der Waals surface area (Å²) in [6.45, 7) is 1.94. The van der Waals surface area contributed by atoms with Gasteiger partial charge in [0.25, 0.3) is 0 Å². The Hall–Kier alpha value is -1.52. The summed E-state index contributed by atoms with van der Waals surface area (Å²) in [6.07, 6.45) is 1.99. The van der Waals surface area contributed by atoms with Crippen LogP contribution in [0.3, 0.4) is 0 Å². The van der Waals surface area contributed by atoms with Gasteiger partial charge in [-0.3, -0.25) is 4.98 Å². The lowest BCUT2D eigenvalue weighted by Gasteiger charge is -2.08. The number of aliphatic hydroxyl groups is 1. The molecule has 1 aromatic heterocycles. The first kappa shape index (κ1) is 13.9. The number of rotatable bonds is 5. The van der Waals surface area contributed by atoms with Gasteiger partial charge in [-0.15, -0.1) is 0 Å². The second-order valence-electron chi connectivity index (χ2n) is 4.12. The molecule has 4 heteroatoms. The number of ether oxygens (including phenoxy) is 1. The molecular formula is C15H17NO2S. The standard InChI is InChI=1S/C15H17NO2S/c1-3-15(17)14-8-7-13(10-16-14)19-12-6-4-5-11(9-12)18-2/h4-10,15,17H,3H2,1-2H3. The highest BCUT2D eigenvalue weighted by Crippen LogP contribution is 2.30. The third-order valence-corrected chi connectivity index (χ3v) is 3.73. The smallest absolute Gasteiger partial charge is 0.119 e. The van der Waals surface area contributed by atoms with E-state index in [1.807, 2.05) is 43.3 Å². The summed E-state index contributed by atoms with van der Waals surface area (Å²) in [6, 6.07) is 11.7. The van der Waals surface area contributed by atoms with Crippen molar-refractivity contribution in [2.45, 2.75) is 29.2 Å². The van der Waals surface area contributed by atoms with Crippen molar-refractivity contribution in [3.63, 3.8) is 0 Å². The summed E-state index contributed by atoms with van der Waals surface area (Å²) in [5.41, 5.74) is 0.720. The van der Waals surface area contributed by atoms with Crippen LogP contribution >= 0.6 is 11.8 Å². The van der Waals surface area contributed by atoms with Crippen LogP contribution < -0.4 is 4.74 Å². The SMILES string of the molecule is CCC(O)c1ccc(Sc2cccc(OC)c2)cn1. The number of nitrogens with zero attached hydrogens (tertiary/aromatic N) is 1. The highest BCUT2D eigenvalue weighted by atomic mass is 32.2. The van der Waals surface area contributed by atoms with Gasteiger partial charge in [0.2, 0.25) is 0 Å². The fourth-order valence-electron chi connectivity index (χ4n) is 1.66. The molecule has 0 saturated heterocycles.